The van der Waals surface area contributed by atoms with Crippen molar-refractivity contribution in [1.82, 2.24) is 0 Å². The lowest BCUT2D eigenvalue weighted by Crippen LogP contribution is -2.27. The molecular weight excluding hydrogens is 336 g/mol. The van der Waals surface area contributed by atoms with Crippen molar-refractivity contribution in [2.24, 2.45) is 0 Å². The molecule has 0 fully saturated rings. The maximum Gasteiger partial charge on any atom is 0.264 e. The molecule has 0 aliphatic heterocycles. The Morgan fingerprint density at radius 3 is 2.33 bits per heavy atom. The van der Waals surface area contributed by atoms with Gasteiger partial charge >= 0.3 is 0 Å². The lowest BCUT2D eigenvalue weighted by Gasteiger charge is -2.20. The molecule has 0 aliphatic rings. The third-order valence-electron chi connectivity index (χ3n) is 3.04. The van der Waals surface area contributed by atoms with E-state index in [9.17, 15) is 12.8 Å². The minimum atomic E-state index is -3.88. The van der Waals surface area contributed by atoms with Crippen LogP contribution in [0.5, 0.6) is 0 Å². The van der Waals surface area contributed by atoms with Gasteiger partial charge in [0.25, 0.3) is 10.0 Å². The molecule has 0 radical (unpaired) electrons. The van der Waals surface area contributed by atoms with Crippen LogP contribution in [-0.2, 0) is 10.0 Å². The van der Waals surface area contributed by atoms with Crippen LogP contribution >= 0.6 is 23.2 Å². The fraction of sp³-hybridized carbons (Fsp3) is 0.143. The predicted molar refractivity (Wildman–Crippen MR) is 83.2 cm³/mol. The molecule has 0 aromatic heterocycles. The Balaban J connectivity index is 2.49. The van der Waals surface area contributed by atoms with Crippen LogP contribution in [0.4, 0.5) is 10.1 Å². The van der Waals surface area contributed by atoms with Gasteiger partial charge in [0.2, 0.25) is 0 Å². The maximum absolute atomic E-state index is 13.9. The molecule has 0 saturated heterocycles. The van der Waals surface area contributed by atoms with Gasteiger partial charge in [0.05, 0.1) is 10.6 Å². The largest absolute Gasteiger partial charge is 0.266 e. The first-order valence-electron chi connectivity index (χ1n) is 5.93. The Morgan fingerprint density at radius 1 is 1.10 bits per heavy atom. The molecular formula is C14H12Cl2FNO2S. The zero-order valence-electron chi connectivity index (χ0n) is 11.3. The van der Waals surface area contributed by atoms with E-state index in [1.807, 2.05) is 0 Å². The summed E-state index contributed by atoms with van der Waals surface area (Å²) in [4.78, 5) is 0.0428. The Bertz CT molecular complexity index is 794. The first-order valence-corrected chi connectivity index (χ1v) is 8.13. The van der Waals surface area contributed by atoms with Crippen molar-refractivity contribution in [3.8, 4) is 0 Å². The highest BCUT2D eigenvalue weighted by Crippen LogP contribution is 2.28. The van der Waals surface area contributed by atoms with Crippen molar-refractivity contribution in [3.05, 3.63) is 57.8 Å². The number of nitrogens with zero attached hydrogens (tertiary/aromatic N) is 1. The van der Waals surface area contributed by atoms with Crippen LogP contribution in [0.1, 0.15) is 5.56 Å². The minimum absolute atomic E-state index is 0.0428. The lowest BCUT2D eigenvalue weighted by molar-refractivity contribution is 0.589. The first kappa shape index (κ1) is 16.1. The Labute approximate surface area is 133 Å². The summed E-state index contributed by atoms with van der Waals surface area (Å²) in [5.74, 6) is -0.709. The summed E-state index contributed by atoms with van der Waals surface area (Å²) < 4.78 is 39.8. The summed E-state index contributed by atoms with van der Waals surface area (Å²) in [6, 6.07) is 8.14. The number of aryl methyl sites for hydroxylation is 1. The highest BCUT2D eigenvalue weighted by molar-refractivity contribution is 7.92. The molecule has 3 nitrogen and oxygen atoms in total. The topological polar surface area (TPSA) is 37.4 Å². The number of benzene rings is 2. The molecule has 2 rings (SSSR count). The number of rotatable bonds is 3. The van der Waals surface area contributed by atoms with Gasteiger partial charge in [-0.3, -0.25) is 4.31 Å². The van der Waals surface area contributed by atoms with Gasteiger partial charge in [0.1, 0.15) is 5.82 Å². The van der Waals surface area contributed by atoms with Gasteiger partial charge < -0.3 is 0 Å². The molecule has 2 aromatic rings. The summed E-state index contributed by atoms with van der Waals surface area (Å²) in [5.41, 5.74) is 0.551. The molecule has 0 saturated carbocycles. The second-order valence-electron chi connectivity index (χ2n) is 4.48. The third kappa shape index (κ3) is 3.15. The molecule has 0 spiro atoms. The van der Waals surface area contributed by atoms with Crippen LogP contribution in [0.25, 0.3) is 0 Å². The number of halogens is 3. The zero-order chi connectivity index (χ0) is 15.8. The van der Waals surface area contributed by atoms with E-state index in [4.69, 9.17) is 23.2 Å². The van der Waals surface area contributed by atoms with Crippen molar-refractivity contribution in [2.75, 3.05) is 11.4 Å². The van der Waals surface area contributed by atoms with Gasteiger partial charge in [-0.15, -0.1) is 0 Å². The van der Waals surface area contributed by atoms with Crippen molar-refractivity contribution < 1.29 is 12.8 Å². The van der Waals surface area contributed by atoms with Crippen LogP contribution in [0.15, 0.2) is 41.3 Å². The minimum Gasteiger partial charge on any atom is -0.266 e. The average Bonchev–Trinajstić information content (AvgIpc) is 2.41. The van der Waals surface area contributed by atoms with Gasteiger partial charge in [0.15, 0.2) is 0 Å². The van der Waals surface area contributed by atoms with Crippen LogP contribution in [-0.4, -0.2) is 15.5 Å². The van der Waals surface area contributed by atoms with Gasteiger partial charge in [-0.2, -0.15) is 0 Å². The van der Waals surface area contributed by atoms with Crippen molar-refractivity contribution in [1.29, 1.82) is 0 Å². The Kier molecular flexibility index (Phi) is 4.46. The summed E-state index contributed by atoms with van der Waals surface area (Å²) in [6.07, 6.45) is 0. The van der Waals surface area contributed by atoms with Crippen molar-refractivity contribution in [2.45, 2.75) is 11.8 Å². The van der Waals surface area contributed by atoms with Crippen LogP contribution in [0, 0.1) is 12.7 Å². The summed E-state index contributed by atoms with van der Waals surface area (Å²) >= 11 is 11.6. The maximum atomic E-state index is 13.9. The fourth-order valence-electron chi connectivity index (χ4n) is 1.80. The second kappa shape index (κ2) is 5.83. The van der Waals surface area contributed by atoms with E-state index >= 15 is 0 Å². The number of hydrogen-bond donors (Lipinski definition) is 0. The molecule has 0 bridgehead atoms. The number of sulfonamides is 1. The van der Waals surface area contributed by atoms with E-state index in [0.29, 0.717) is 10.6 Å². The molecule has 21 heavy (non-hydrogen) atoms. The van der Waals surface area contributed by atoms with Crippen LogP contribution in [0.2, 0.25) is 10.0 Å². The van der Waals surface area contributed by atoms with Crippen molar-refractivity contribution in [3.63, 3.8) is 0 Å². The zero-order valence-corrected chi connectivity index (χ0v) is 13.6. The molecule has 7 heteroatoms. The van der Waals surface area contributed by atoms with Gasteiger partial charge in [-0.25, -0.2) is 12.8 Å². The highest BCUT2D eigenvalue weighted by atomic mass is 35.5. The molecule has 0 N–H and O–H groups in total. The number of hydrogen-bond acceptors (Lipinski definition) is 2. The predicted octanol–water partition coefficient (Wildman–Crippen LogP) is 4.27. The molecule has 0 heterocycles. The van der Waals surface area contributed by atoms with E-state index in [-0.39, 0.29) is 15.6 Å². The third-order valence-corrected chi connectivity index (χ3v) is 5.46. The van der Waals surface area contributed by atoms with Gasteiger partial charge in [-0.05, 0) is 48.9 Å². The highest BCUT2D eigenvalue weighted by Gasteiger charge is 2.24. The number of anilines is 1. The van der Waals surface area contributed by atoms with Gasteiger partial charge in [-0.1, -0.05) is 23.2 Å². The quantitative estimate of drug-likeness (QED) is 0.831. The van der Waals surface area contributed by atoms with Crippen LogP contribution in [0.3, 0.4) is 0 Å². The summed E-state index contributed by atoms with van der Waals surface area (Å²) in [6.45, 7) is 1.70. The normalized spacial score (nSPS) is 11.5. The van der Waals surface area contributed by atoms with Crippen LogP contribution < -0.4 is 4.31 Å². The molecule has 0 aliphatic carbocycles. The molecule has 0 atom stereocenters. The standard InChI is InChI=1S/C14H12Cl2FNO2S/c1-9-7-11(4-5-12(9)16)21(19,20)18(2)14-6-3-10(15)8-13(14)17/h3-8H,1-2H3. The lowest BCUT2D eigenvalue weighted by atomic mass is 10.2. The molecule has 2 aromatic carbocycles. The second-order valence-corrected chi connectivity index (χ2v) is 7.29. The monoisotopic (exact) mass is 347 g/mol. The smallest absolute Gasteiger partial charge is 0.264 e. The molecule has 0 unspecified atom stereocenters. The van der Waals surface area contributed by atoms with E-state index in [1.165, 1.54) is 37.4 Å². The first-order chi connectivity index (χ1) is 9.73. The van der Waals surface area contributed by atoms with Gasteiger partial charge in [0, 0.05) is 17.1 Å². The van der Waals surface area contributed by atoms with Crippen molar-refractivity contribution >= 4 is 38.9 Å². The molecule has 112 valence electrons. The summed E-state index contributed by atoms with van der Waals surface area (Å²) in [7, 11) is -2.59. The van der Waals surface area contributed by atoms with E-state index in [0.717, 1.165) is 10.4 Å². The van der Waals surface area contributed by atoms with E-state index in [2.05, 4.69) is 0 Å². The average molecular weight is 348 g/mol. The summed E-state index contributed by atoms with van der Waals surface area (Å²) in [5, 5.41) is 0.665. The Hall–Kier alpha value is -1.30. The molecule has 0 amide bonds. The van der Waals surface area contributed by atoms with E-state index < -0.39 is 15.8 Å². The van der Waals surface area contributed by atoms with E-state index in [1.54, 1.807) is 6.92 Å². The SMILES string of the molecule is Cc1cc(S(=O)(=O)N(C)c2ccc(Cl)cc2F)ccc1Cl. The Morgan fingerprint density at radius 2 is 1.76 bits per heavy atom. The fourth-order valence-corrected chi connectivity index (χ4v) is 3.37.